The lowest BCUT2D eigenvalue weighted by molar-refractivity contribution is 0.391. The molecule has 2 atom stereocenters. The van der Waals surface area contributed by atoms with Crippen LogP contribution in [0.2, 0.25) is 10.0 Å². The van der Waals surface area contributed by atoms with Gasteiger partial charge in [-0.15, -0.1) is 0 Å². The van der Waals surface area contributed by atoms with E-state index in [1.165, 1.54) is 0 Å². The minimum Gasteiger partial charge on any atom is -0.496 e. The van der Waals surface area contributed by atoms with Crippen molar-refractivity contribution < 1.29 is 9.47 Å². The summed E-state index contributed by atoms with van der Waals surface area (Å²) in [5, 5.41) is 1.13. The Labute approximate surface area is 139 Å². The maximum absolute atomic E-state index is 6.33. The Morgan fingerprint density at radius 1 is 0.773 bits per heavy atom. The van der Waals surface area contributed by atoms with Gasteiger partial charge in [0.15, 0.2) is 0 Å². The second-order valence-electron chi connectivity index (χ2n) is 4.82. The SMILES string of the molecule is COc1ccc(Cl)cc1C(N)C(N)c1cc(Cl)ccc1OC. The molecular formula is C16H18Cl2N2O2. The molecule has 2 unspecified atom stereocenters. The fraction of sp³-hybridized carbons (Fsp3) is 0.250. The van der Waals surface area contributed by atoms with Crippen LogP contribution in [0.25, 0.3) is 0 Å². The summed E-state index contributed by atoms with van der Waals surface area (Å²) in [5.74, 6) is 1.27. The van der Waals surface area contributed by atoms with E-state index in [1.807, 2.05) is 0 Å². The molecule has 0 amide bonds. The third-order valence-electron chi connectivity index (χ3n) is 3.49. The number of rotatable bonds is 5. The smallest absolute Gasteiger partial charge is 0.123 e. The van der Waals surface area contributed by atoms with Crippen molar-refractivity contribution in [1.29, 1.82) is 0 Å². The van der Waals surface area contributed by atoms with Crippen molar-refractivity contribution in [2.24, 2.45) is 11.5 Å². The molecule has 0 aliphatic carbocycles. The predicted octanol–water partition coefficient (Wildman–Crippen LogP) is 3.71. The standard InChI is InChI=1S/C16H18Cl2N2O2/c1-21-13-5-3-9(17)7-11(13)15(19)16(20)12-8-10(18)4-6-14(12)22-2/h3-8,15-16H,19-20H2,1-2H3. The van der Waals surface area contributed by atoms with E-state index in [4.69, 9.17) is 44.1 Å². The van der Waals surface area contributed by atoms with Crippen LogP contribution in [0.4, 0.5) is 0 Å². The molecule has 0 aliphatic rings. The van der Waals surface area contributed by atoms with Gasteiger partial charge in [-0.2, -0.15) is 0 Å². The third kappa shape index (κ3) is 3.47. The van der Waals surface area contributed by atoms with E-state index in [0.29, 0.717) is 21.5 Å². The molecule has 0 fully saturated rings. The van der Waals surface area contributed by atoms with Crippen molar-refractivity contribution in [3.8, 4) is 11.5 Å². The van der Waals surface area contributed by atoms with E-state index < -0.39 is 12.1 Å². The summed E-state index contributed by atoms with van der Waals surface area (Å²) >= 11 is 12.1. The average Bonchev–Trinajstić information content (AvgIpc) is 2.53. The number of hydrogen-bond donors (Lipinski definition) is 2. The Bertz CT molecular complexity index is 607. The molecule has 118 valence electrons. The lowest BCUT2D eigenvalue weighted by atomic mass is 9.93. The summed E-state index contributed by atoms with van der Waals surface area (Å²) in [6.07, 6.45) is 0. The van der Waals surface area contributed by atoms with Gasteiger partial charge in [0.1, 0.15) is 11.5 Å². The molecule has 2 rings (SSSR count). The zero-order valence-electron chi connectivity index (χ0n) is 12.3. The zero-order chi connectivity index (χ0) is 16.3. The Hall–Kier alpha value is -1.46. The highest BCUT2D eigenvalue weighted by Crippen LogP contribution is 2.37. The van der Waals surface area contributed by atoms with Gasteiger partial charge < -0.3 is 20.9 Å². The van der Waals surface area contributed by atoms with Gasteiger partial charge in [0.2, 0.25) is 0 Å². The first-order chi connectivity index (χ1) is 10.5. The Kier molecular flexibility index (Phi) is 5.53. The quantitative estimate of drug-likeness (QED) is 0.870. The Morgan fingerprint density at radius 2 is 1.14 bits per heavy atom. The molecule has 0 spiro atoms. The molecule has 4 N–H and O–H groups in total. The minimum absolute atomic E-state index is 0.527. The molecule has 2 aromatic rings. The van der Waals surface area contributed by atoms with Crippen molar-refractivity contribution in [2.45, 2.75) is 12.1 Å². The number of hydrogen-bond acceptors (Lipinski definition) is 4. The molecule has 0 aromatic heterocycles. The normalized spacial score (nSPS) is 13.5. The summed E-state index contributed by atoms with van der Waals surface area (Å²) < 4.78 is 10.7. The summed E-state index contributed by atoms with van der Waals surface area (Å²) in [7, 11) is 3.15. The maximum Gasteiger partial charge on any atom is 0.123 e. The van der Waals surface area contributed by atoms with Crippen molar-refractivity contribution in [1.82, 2.24) is 0 Å². The van der Waals surface area contributed by atoms with Crippen LogP contribution in [0.5, 0.6) is 11.5 Å². The van der Waals surface area contributed by atoms with Crippen LogP contribution in [0.15, 0.2) is 36.4 Å². The number of methoxy groups -OCH3 is 2. The van der Waals surface area contributed by atoms with Crippen LogP contribution in [-0.2, 0) is 0 Å². The molecule has 0 saturated carbocycles. The molecular weight excluding hydrogens is 323 g/mol. The van der Waals surface area contributed by atoms with E-state index in [2.05, 4.69) is 0 Å². The first-order valence-electron chi connectivity index (χ1n) is 6.66. The van der Waals surface area contributed by atoms with Crippen molar-refractivity contribution in [2.75, 3.05) is 14.2 Å². The topological polar surface area (TPSA) is 70.5 Å². The molecule has 0 heterocycles. The second kappa shape index (κ2) is 7.20. The Morgan fingerprint density at radius 3 is 1.45 bits per heavy atom. The zero-order valence-corrected chi connectivity index (χ0v) is 13.9. The minimum atomic E-state index is -0.527. The van der Waals surface area contributed by atoms with Gasteiger partial charge in [0.05, 0.1) is 26.3 Å². The van der Waals surface area contributed by atoms with Gasteiger partial charge in [-0.3, -0.25) is 0 Å². The van der Waals surface area contributed by atoms with E-state index in [0.717, 1.165) is 11.1 Å². The molecule has 22 heavy (non-hydrogen) atoms. The van der Waals surface area contributed by atoms with Gasteiger partial charge in [-0.1, -0.05) is 23.2 Å². The van der Waals surface area contributed by atoms with Crippen LogP contribution >= 0.6 is 23.2 Å². The summed E-state index contributed by atoms with van der Waals surface area (Å²) in [6, 6.07) is 9.45. The average molecular weight is 341 g/mol. The van der Waals surface area contributed by atoms with Crippen molar-refractivity contribution in [3.63, 3.8) is 0 Å². The molecule has 4 nitrogen and oxygen atoms in total. The number of benzene rings is 2. The van der Waals surface area contributed by atoms with E-state index in [9.17, 15) is 0 Å². The van der Waals surface area contributed by atoms with E-state index in [-0.39, 0.29) is 0 Å². The predicted molar refractivity (Wildman–Crippen MR) is 89.9 cm³/mol. The molecule has 0 radical (unpaired) electrons. The van der Waals surface area contributed by atoms with Gasteiger partial charge in [0, 0.05) is 21.2 Å². The molecule has 2 aromatic carbocycles. The van der Waals surface area contributed by atoms with Crippen LogP contribution in [-0.4, -0.2) is 14.2 Å². The number of ether oxygens (including phenoxy) is 2. The van der Waals surface area contributed by atoms with Crippen LogP contribution in [0, 0.1) is 0 Å². The van der Waals surface area contributed by atoms with Gasteiger partial charge in [0.25, 0.3) is 0 Å². The number of nitrogens with two attached hydrogens (primary N) is 2. The fourth-order valence-corrected chi connectivity index (χ4v) is 2.68. The van der Waals surface area contributed by atoms with Gasteiger partial charge in [-0.25, -0.2) is 0 Å². The highest BCUT2D eigenvalue weighted by Gasteiger charge is 2.24. The van der Waals surface area contributed by atoms with Crippen molar-refractivity contribution in [3.05, 3.63) is 57.6 Å². The van der Waals surface area contributed by atoms with Crippen LogP contribution < -0.4 is 20.9 Å². The lowest BCUT2D eigenvalue weighted by Crippen LogP contribution is -2.27. The molecule has 6 heteroatoms. The second-order valence-corrected chi connectivity index (χ2v) is 5.70. The summed E-state index contributed by atoms with van der Waals surface area (Å²) in [4.78, 5) is 0. The Balaban J connectivity index is 2.43. The van der Waals surface area contributed by atoms with E-state index in [1.54, 1.807) is 50.6 Å². The van der Waals surface area contributed by atoms with Gasteiger partial charge in [-0.05, 0) is 36.4 Å². The summed E-state index contributed by atoms with van der Waals surface area (Å²) in [5.41, 5.74) is 14.1. The van der Waals surface area contributed by atoms with E-state index >= 15 is 0 Å². The first-order valence-corrected chi connectivity index (χ1v) is 7.41. The van der Waals surface area contributed by atoms with Crippen LogP contribution in [0.1, 0.15) is 23.2 Å². The van der Waals surface area contributed by atoms with Gasteiger partial charge >= 0.3 is 0 Å². The highest BCUT2D eigenvalue weighted by atomic mass is 35.5. The molecule has 0 bridgehead atoms. The fourth-order valence-electron chi connectivity index (χ4n) is 2.32. The van der Waals surface area contributed by atoms with Crippen LogP contribution in [0.3, 0.4) is 0 Å². The summed E-state index contributed by atoms with van der Waals surface area (Å²) in [6.45, 7) is 0. The molecule has 0 aliphatic heterocycles. The van der Waals surface area contributed by atoms with Crippen molar-refractivity contribution >= 4 is 23.2 Å². The monoisotopic (exact) mass is 340 g/mol. The molecule has 0 saturated heterocycles. The maximum atomic E-state index is 6.33. The largest absolute Gasteiger partial charge is 0.496 e. The first kappa shape index (κ1) is 16.9. The lowest BCUT2D eigenvalue weighted by Gasteiger charge is -2.24. The number of halogens is 2. The highest BCUT2D eigenvalue weighted by molar-refractivity contribution is 6.31. The third-order valence-corrected chi connectivity index (χ3v) is 3.96.